The lowest BCUT2D eigenvalue weighted by atomic mass is 9.83. The van der Waals surface area contributed by atoms with Gasteiger partial charge in [-0.2, -0.15) is 0 Å². The van der Waals surface area contributed by atoms with Gasteiger partial charge in [-0.1, -0.05) is 6.07 Å². The highest BCUT2D eigenvalue weighted by Gasteiger charge is 2.33. The van der Waals surface area contributed by atoms with Gasteiger partial charge < -0.3 is 19.9 Å². The van der Waals surface area contributed by atoms with Crippen molar-refractivity contribution in [2.24, 2.45) is 0 Å². The second-order valence-electron chi connectivity index (χ2n) is 5.67. The summed E-state index contributed by atoms with van der Waals surface area (Å²) in [6.45, 7) is 6.67. The van der Waals surface area contributed by atoms with Gasteiger partial charge in [0, 0.05) is 0 Å². The Morgan fingerprint density at radius 2 is 1.79 bits per heavy atom. The number of amides is 1. The molecular formula is C17H24FNO5. The van der Waals surface area contributed by atoms with Gasteiger partial charge in [0.05, 0.1) is 18.6 Å². The van der Waals surface area contributed by atoms with Gasteiger partial charge in [0.2, 0.25) is 5.91 Å². The molecule has 1 unspecified atom stereocenters. The highest BCUT2D eigenvalue weighted by molar-refractivity contribution is 5.91. The van der Waals surface area contributed by atoms with E-state index in [1.807, 2.05) is 13.8 Å². The number of benzene rings is 1. The van der Waals surface area contributed by atoms with Crippen LogP contribution < -0.4 is 14.8 Å². The summed E-state index contributed by atoms with van der Waals surface area (Å²) < 4.78 is 23.7. The van der Waals surface area contributed by atoms with Gasteiger partial charge in [0.25, 0.3) is 0 Å². The zero-order valence-corrected chi connectivity index (χ0v) is 14.4. The summed E-state index contributed by atoms with van der Waals surface area (Å²) in [4.78, 5) is 23.3. The van der Waals surface area contributed by atoms with E-state index in [0.717, 1.165) is 0 Å². The first-order chi connectivity index (χ1) is 11.3. The van der Waals surface area contributed by atoms with Crippen LogP contribution in [0.15, 0.2) is 18.2 Å². The standard InChI is InChI=1S/C17H24FNO5/c1-5-23-13-8-7-11(9-14(13)24-6-2)17(3,4)16(22)19-12(10-18)15(20)21/h7-9,12H,5-6,10H2,1-4H3,(H,19,22)(H,20,21). The number of hydrogen-bond acceptors (Lipinski definition) is 4. The first-order valence-corrected chi connectivity index (χ1v) is 7.77. The summed E-state index contributed by atoms with van der Waals surface area (Å²) >= 11 is 0. The highest BCUT2D eigenvalue weighted by Crippen LogP contribution is 2.34. The molecule has 0 bridgehead atoms. The van der Waals surface area contributed by atoms with Gasteiger partial charge in [0.1, 0.15) is 6.67 Å². The predicted octanol–water partition coefficient (Wildman–Crippen LogP) is 2.30. The summed E-state index contributed by atoms with van der Waals surface area (Å²) in [5.74, 6) is -0.938. The molecule has 0 aliphatic rings. The molecule has 1 atom stereocenters. The molecular weight excluding hydrogens is 317 g/mol. The van der Waals surface area contributed by atoms with Crippen LogP contribution in [0.25, 0.3) is 0 Å². The molecule has 7 heteroatoms. The van der Waals surface area contributed by atoms with Crippen LogP contribution in [0.3, 0.4) is 0 Å². The maximum absolute atomic E-state index is 12.7. The van der Waals surface area contributed by atoms with Crippen LogP contribution in [-0.2, 0) is 15.0 Å². The zero-order valence-electron chi connectivity index (χ0n) is 14.4. The maximum Gasteiger partial charge on any atom is 0.328 e. The van der Waals surface area contributed by atoms with Crippen molar-refractivity contribution < 1.29 is 28.6 Å². The Bertz CT molecular complexity index is 588. The molecule has 24 heavy (non-hydrogen) atoms. The van der Waals surface area contributed by atoms with E-state index in [2.05, 4.69) is 5.32 Å². The minimum absolute atomic E-state index is 0.430. The number of ether oxygens (including phenoxy) is 2. The molecule has 0 aliphatic carbocycles. The van der Waals surface area contributed by atoms with Crippen molar-refractivity contribution in [1.29, 1.82) is 0 Å². The summed E-state index contributed by atoms with van der Waals surface area (Å²) in [7, 11) is 0. The van der Waals surface area contributed by atoms with E-state index in [-0.39, 0.29) is 0 Å². The molecule has 6 nitrogen and oxygen atoms in total. The zero-order chi connectivity index (χ0) is 18.3. The quantitative estimate of drug-likeness (QED) is 0.720. The molecule has 134 valence electrons. The van der Waals surface area contributed by atoms with E-state index in [9.17, 15) is 14.0 Å². The van der Waals surface area contributed by atoms with Crippen molar-refractivity contribution in [2.45, 2.75) is 39.2 Å². The molecule has 0 spiro atoms. The van der Waals surface area contributed by atoms with Crippen LogP contribution in [0.5, 0.6) is 11.5 Å². The van der Waals surface area contributed by atoms with Crippen LogP contribution in [-0.4, -0.2) is 42.9 Å². The summed E-state index contributed by atoms with van der Waals surface area (Å²) in [6, 6.07) is 3.52. The number of halogens is 1. The Labute approximate surface area is 141 Å². The molecule has 0 fully saturated rings. The van der Waals surface area contributed by atoms with Crippen LogP contribution in [0, 0.1) is 0 Å². The molecule has 0 aromatic heterocycles. The van der Waals surface area contributed by atoms with Crippen LogP contribution in [0.4, 0.5) is 4.39 Å². The number of rotatable bonds is 9. The Morgan fingerprint density at radius 3 is 2.29 bits per heavy atom. The molecule has 0 heterocycles. The normalized spacial score (nSPS) is 12.4. The lowest BCUT2D eigenvalue weighted by Gasteiger charge is -2.26. The number of aliphatic carboxylic acids is 1. The van der Waals surface area contributed by atoms with E-state index in [1.165, 1.54) is 0 Å². The fourth-order valence-electron chi connectivity index (χ4n) is 2.08. The summed E-state index contributed by atoms with van der Waals surface area (Å²) in [6.07, 6.45) is 0. The second-order valence-corrected chi connectivity index (χ2v) is 5.67. The lowest BCUT2D eigenvalue weighted by Crippen LogP contribution is -2.49. The van der Waals surface area contributed by atoms with Gasteiger partial charge in [-0.3, -0.25) is 4.79 Å². The van der Waals surface area contributed by atoms with Crippen molar-refractivity contribution >= 4 is 11.9 Å². The van der Waals surface area contributed by atoms with Crippen molar-refractivity contribution in [2.75, 3.05) is 19.9 Å². The molecule has 1 aromatic rings. The van der Waals surface area contributed by atoms with E-state index in [0.29, 0.717) is 30.3 Å². The fourth-order valence-corrected chi connectivity index (χ4v) is 2.08. The monoisotopic (exact) mass is 341 g/mol. The maximum atomic E-state index is 12.7. The van der Waals surface area contributed by atoms with Crippen LogP contribution in [0.2, 0.25) is 0 Å². The Kier molecular flexibility index (Phi) is 7.00. The molecule has 0 saturated carbocycles. The van der Waals surface area contributed by atoms with E-state index >= 15 is 0 Å². The Balaban J connectivity index is 3.10. The molecule has 1 amide bonds. The van der Waals surface area contributed by atoms with Gasteiger partial charge in [-0.15, -0.1) is 0 Å². The highest BCUT2D eigenvalue weighted by atomic mass is 19.1. The van der Waals surface area contributed by atoms with E-state index < -0.39 is 30.0 Å². The molecule has 1 rings (SSSR count). The minimum Gasteiger partial charge on any atom is -0.490 e. The van der Waals surface area contributed by atoms with Crippen LogP contribution >= 0.6 is 0 Å². The minimum atomic E-state index is -1.56. The first kappa shape index (κ1) is 19.7. The third-order valence-electron chi connectivity index (χ3n) is 3.59. The average molecular weight is 341 g/mol. The largest absolute Gasteiger partial charge is 0.490 e. The third kappa shape index (κ3) is 4.59. The van der Waals surface area contributed by atoms with E-state index in [4.69, 9.17) is 14.6 Å². The molecule has 0 radical (unpaired) electrons. The molecule has 2 N–H and O–H groups in total. The van der Waals surface area contributed by atoms with Gasteiger partial charge in [-0.25, -0.2) is 9.18 Å². The third-order valence-corrected chi connectivity index (χ3v) is 3.59. The number of alkyl halides is 1. The summed E-state index contributed by atoms with van der Waals surface area (Å²) in [5, 5.41) is 11.1. The number of hydrogen-bond donors (Lipinski definition) is 2. The molecule has 0 saturated heterocycles. The SMILES string of the molecule is CCOc1ccc(C(C)(C)C(=O)NC(CF)C(=O)O)cc1OCC. The molecule has 0 aliphatic heterocycles. The average Bonchev–Trinajstić information content (AvgIpc) is 2.53. The number of carbonyl (C=O) groups is 2. The van der Waals surface area contributed by atoms with Gasteiger partial charge >= 0.3 is 5.97 Å². The smallest absolute Gasteiger partial charge is 0.328 e. The lowest BCUT2D eigenvalue weighted by molar-refractivity contribution is -0.143. The van der Waals surface area contributed by atoms with Gasteiger partial charge in [0.15, 0.2) is 17.5 Å². The van der Waals surface area contributed by atoms with E-state index in [1.54, 1.807) is 32.0 Å². The van der Waals surface area contributed by atoms with Crippen molar-refractivity contribution in [3.63, 3.8) is 0 Å². The van der Waals surface area contributed by atoms with Crippen molar-refractivity contribution in [1.82, 2.24) is 5.32 Å². The Morgan fingerprint density at radius 1 is 1.21 bits per heavy atom. The summed E-state index contributed by atoms with van der Waals surface area (Å²) in [5.41, 5.74) is -0.464. The topological polar surface area (TPSA) is 84.9 Å². The van der Waals surface area contributed by atoms with Crippen LogP contribution in [0.1, 0.15) is 33.3 Å². The first-order valence-electron chi connectivity index (χ1n) is 7.77. The number of carboxylic acid groups (broad SMARTS) is 1. The fraction of sp³-hybridized carbons (Fsp3) is 0.529. The van der Waals surface area contributed by atoms with Crippen molar-refractivity contribution in [3.8, 4) is 11.5 Å². The number of carboxylic acids is 1. The molecule has 1 aromatic carbocycles. The predicted molar refractivity (Wildman–Crippen MR) is 87.3 cm³/mol. The van der Waals surface area contributed by atoms with Gasteiger partial charge in [-0.05, 0) is 45.4 Å². The Hall–Kier alpha value is -2.31. The second kappa shape index (κ2) is 8.52. The number of carbonyl (C=O) groups excluding carboxylic acids is 1. The number of nitrogens with one attached hydrogen (secondary N) is 1. The van der Waals surface area contributed by atoms with Crippen molar-refractivity contribution in [3.05, 3.63) is 23.8 Å².